The number of primary amides is 1. The molecule has 0 aliphatic carbocycles. The number of carbonyl (C=O) groups is 2. The van der Waals surface area contributed by atoms with Crippen LogP contribution in [-0.4, -0.2) is 29.6 Å². The second-order valence-electron chi connectivity index (χ2n) is 6.11. The van der Waals surface area contributed by atoms with Crippen LogP contribution in [0.1, 0.15) is 30.5 Å². The molecule has 7 nitrogen and oxygen atoms in total. The van der Waals surface area contributed by atoms with E-state index in [2.05, 4.69) is 10.5 Å². The molecule has 2 atom stereocenters. The van der Waals surface area contributed by atoms with Crippen molar-refractivity contribution in [2.75, 3.05) is 16.8 Å². The highest BCUT2D eigenvalue weighted by Crippen LogP contribution is 2.37. The first-order chi connectivity index (χ1) is 11.5. The lowest BCUT2D eigenvalue weighted by atomic mass is 9.85. The molecule has 1 aromatic carbocycles. The lowest BCUT2D eigenvalue weighted by Gasteiger charge is -2.39. The Morgan fingerprint density at radius 3 is 2.83 bits per heavy atom. The van der Waals surface area contributed by atoms with Gasteiger partial charge in [-0.25, -0.2) is 0 Å². The minimum absolute atomic E-state index is 0.0135. The quantitative estimate of drug-likeness (QED) is 0.891. The maximum absolute atomic E-state index is 12.3. The normalized spacial score (nSPS) is 19.7. The fourth-order valence-electron chi connectivity index (χ4n) is 3.14. The van der Waals surface area contributed by atoms with Gasteiger partial charge < -0.3 is 15.2 Å². The summed E-state index contributed by atoms with van der Waals surface area (Å²) in [5.74, 6) is -0.543. The van der Waals surface area contributed by atoms with Gasteiger partial charge in [0.25, 0.3) is 0 Å². The topological polar surface area (TPSA) is 101 Å². The van der Waals surface area contributed by atoms with Crippen LogP contribution in [0.25, 0.3) is 0 Å². The summed E-state index contributed by atoms with van der Waals surface area (Å²) in [6, 6.07) is 9.24. The van der Waals surface area contributed by atoms with Gasteiger partial charge in [-0.05, 0) is 31.9 Å². The fourth-order valence-corrected chi connectivity index (χ4v) is 3.14. The summed E-state index contributed by atoms with van der Waals surface area (Å²) in [5.41, 5.74) is 7.97. The number of para-hydroxylation sites is 1. The highest BCUT2D eigenvalue weighted by molar-refractivity contribution is 5.94. The number of benzene rings is 1. The molecule has 3 rings (SSSR count). The third-order valence-electron chi connectivity index (χ3n) is 4.28. The lowest BCUT2D eigenvalue weighted by Crippen LogP contribution is -2.45. The van der Waals surface area contributed by atoms with Crippen molar-refractivity contribution in [3.05, 3.63) is 41.6 Å². The van der Waals surface area contributed by atoms with Crippen molar-refractivity contribution in [3.8, 4) is 0 Å². The SMILES string of the molecule is Cc1cc(NC(=O)CN2c3ccccc3[C@H](C(N)=O)C[C@H]2C)on1. The Hall–Kier alpha value is -2.83. The van der Waals surface area contributed by atoms with Gasteiger partial charge in [0.05, 0.1) is 18.2 Å². The zero-order valence-electron chi connectivity index (χ0n) is 13.7. The van der Waals surface area contributed by atoms with Gasteiger partial charge in [-0.2, -0.15) is 0 Å². The van der Waals surface area contributed by atoms with Gasteiger partial charge in [0, 0.05) is 17.8 Å². The monoisotopic (exact) mass is 328 g/mol. The van der Waals surface area contributed by atoms with Crippen LogP contribution >= 0.6 is 0 Å². The van der Waals surface area contributed by atoms with Crippen LogP contribution in [0.3, 0.4) is 0 Å². The number of rotatable bonds is 4. The van der Waals surface area contributed by atoms with Gasteiger partial charge in [-0.3, -0.25) is 14.9 Å². The third kappa shape index (κ3) is 3.10. The molecule has 1 aliphatic rings. The average Bonchev–Trinajstić information content (AvgIpc) is 2.94. The van der Waals surface area contributed by atoms with Crippen LogP contribution in [0.15, 0.2) is 34.9 Å². The summed E-state index contributed by atoms with van der Waals surface area (Å²) >= 11 is 0. The van der Waals surface area contributed by atoms with E-state index >= 15 is 0 Å². The van der Waals surface area contributed by atoms with Crippen molar-refractivity contribution in [3.63, 3.8) is 0 Å². The van der Waals surface area contributed by atoms with Crippen LogP contribution in [-0.2, 0) is 9.59 Å². The number of aryl methyl sites for hydroxylation is 1. The molecule has 2 amide bonds. The van der Waals surface area contributed by atoms with Crippen molar-refractivity contribution in [1.82, 2.24) is 5.16 Å². The van der Waals surface area contributed by atoms with Crippen molar-refractivity contribution >= 4 is 23.4 Å². The molecule has 7 heteroatoms. The van der Waals surface area contributed by atoms with Gasteiger partial charge in [-0.15, -0.1) is 0 Å². The van der Waals surface area contributed by atoms with E-state index in [-0.39, 0.29) is 30.3 Å². The van der Waals surface area contributed by atoms with Crippen molar-refractivity contribution < 1.29 is 14.1 Å². The molecule has 1 aliphatic heterocycles. The standard InChI is InChI=1S/C17H20N4O3/c1-10-7-16(24-20-10)19-15(22)9-21-11(2)8-13(17(18)23)12-5-3-4-6-14(12)21/h3-7,11,13H,8-9H2,1-2H3,(H2,18,23)(H,19,22)/t11-,13-/m1/s1. The van der Waals surface area contributed by atoms with Crippen molar-refractivity contribution in [2.24, 2.45) is 5.73 Å². The molecule has 0 bridgehead atoms. The summed E-state index contributed by atoms with van der Waals surface area (Å²) in [7, 11) is 0. The molecular formula is C17H20N4O3. The maximum Gasteiger partial charge on any atom is 0.246 e. The number of nitrogens with two attached hydrogens (primary N) is 1. The van der Waals surface area contributed by atoms with E-state index in [1.165, 1.54) is 0 Å². The van der Waals surface area contributed by atoms with Crippen molar-refractivity contribution in [1.29, 1.82) is 0 Å². The summed E-state index contributed by atoms with van der Waals surface area (Å²) in [4.78, 5) is 26.0. The van der Waals surface area contributed by atoms with E-state index in [0.717, 1.165) is 11.3 Å². The number of nitrogens with one attached hydrogen (secondary N) is 1. The highest BCUT2D eigenvalue weighted by Gasteiger charge is 2.33. The fraction of sp³-hybridized carbons (Fsp3) is 0.353. The number of aromatic nitrogens is 1. The second kappa shape index (κ2) is 6.35. The number of nitrogens with zero attached hydrogens (tertiary/aromatic N) is 2. The largest absolute Gasteiger partial charge is 0.369 e. The number of hydrogen-bond donors (Lipinski definition) is 2. The summed E-state index contributed by atoms with van der Waals surface area (Å²) in [5, 5.41) is 6.44. The molecule has 0 unspecified atom stereocenters. The van der Waals surface area contributed by atoms with E-state index in [4.69, 9.17) is 10.3 Å². The molecular weight excluding hydrogens is 308 g/mol. The molecule has 24 heavy (non-hydrogen) atoms. The zero-order chi connectivity index (χ0) is 17.3. The van der Waals surface area contributed by atoms with Gasteiger partial charge in [0.1, 0.15) is 0 Å². The first-order valence-electron chi connectivity index (χ1n) is 7.83. The van der Waals surface area contributed by atoms with E-state index in [9.17, 15) is 9.59 Å². The van der Waals surface area contributed by atoms with Crippen LogP contribution in [0, 0.1) is 6.92 Å². The number of fused-ring (bicyclic) bond motifs is 1. The van der Waals surface area contributed by atoms with E-state index in [1.54, 1.807) is 13.0 Å². The molecule has 0 saturated heterocycles. The summed E-state index contributed by atoms with van der Waals surface area (Å²) < 4.78 is 5.01. The first-order valence-corrected chi connectivity index (χ1v) is 7.83. The Morgan fingerprint density at radius 2 is 2.17 bits per heavy atom. The van der Waals surface area contributed by atoms with Crippen LogP contribution in [0.4, 0.5) is 11.6 Å². The highest BCUT2D eigenvalue weighted by atomic mass is 16.5. The maximum atomic E-state index is 12.3. The Labute approximate surface area is 139 Å². The predicted molar refractivity (Wildman–Crippen MR) is 89.7 cm³/mol. The molecule has 0 spiro atoms. The van der Waals surface area contributed by atoms with Crippen LogP contribution in [0.5, 0.6) is 0 Å². The first kappa shape index (κ1) is 16.0. The van der Waals surface area contributed by atoms with E-state index < -0.39 is 0 Å². The summed E-state index contributed by atoms with van der Waals surface area (Å²) in [6.07, 6.45) is 0.584. The molecule has 1 aromatic heterocycles. The molecule has 0 radical (unpaired) electrons. The molecule has 2 aromatic rings. The van der Waals surface area contributed by atoms with Gasteiger partial charge in [-0.1, -0.05) is 23.4 Å². The van der Waals surface area contributed by atoms with E-state index in [0.29, 0.717) is 18.0 Å². The Balaban J connectivity index is 1.80. The Morgan fingerprint density at radius 1 is 1.42 bits per heavy atom. The molecule has 126 valence electrons. The molecule has 0 saturated carbocycles. The predicted octanol–water partition coefficient (Wildman–Crippen LogP) is 1.79. The average molecular weight is 328 g/mol. The number of hydrogen-bond acceptors (Lipinski definition) is 5. The summed E-state index contributed by atoms with van der Waals surface area (Å²) in [6.45, 7) is 3.92. The van der Waals surface area contributed by atoms with Crippen LogP contribution < -0.4 is 16.0 Å². The van der Waals surface area contributed by atoms with Gasteiger partial charge in [0.2, 0.25) is 17.7 Å². The number of carbonyl (C=O) groups excluding carboxylic acids is 2. The smallest absolute Gasteiger partial charge is 0.246 e. The van der Waals surface area contributed by atoms with Gasteiger partial charge in [0.15, 0.2) is 0 Å². The van der Waals surface area contributed by atoms with Crippen LogP contribution in [0.2, 0.25) is 0 Å². The Bertz CT molecular complexity index is 771. The number of anilines is 2. The molecule has 0 fully saturated rings. The minimum atomic E-state index is -0.337. The molecule has 2 heterocycles. The van der Waals surface area contributed by atoms with E-state index in [1.807, 2.05) is 36.1 Å². The Kier molecular flexibility index (Phi) is 4.24. The third-order valence-corrected chi connectivity index (χ3v) is 4.28. The van der Waals surface area contributed by atoms with Crippen molar-refractivity contribution in [2.45, 2.75) is 32.2 Å². The zero-order valence-corrected chi connectivity index (χ0v) is 13.7. The lowest BCUT2D eigenvalue weighted by molar-refractivity contribution is -0.119. The number of amides is 2. The second-order valence-corrected chi connectivity index (χ2v) is 6.11. The van der Waals surface area contributed by atoms with Gasteiger partial charge >= 0.3 is 0 Å². The minimum Gasteiger partial charge on any atom is -0.369 e. The molecule has 3 N–H and O–H groups in total.